The Morgan fingerprint density at radius 3 is 2.72 bits per heavy atom. The third-order valence-electron chi connectivity index (χ3n) is 4.49. The van der Waals surface area contributed by atoms with Crippen molar-refractivity contribution in [2.45, 2.75) is 26.8 Å². The molecule has 0 bridgehead atoms. The van der Waals surface area contributed by atoms with Crippen LogP contribution in [0.3, 0.4) is 0 Å². The molecule has 0 aliphatic heterocycles. The van der Waals surface area contributed by atoms with Gasteiger partial charge < -0.3 is 14.8 Å². The molecule has 0 unspecified atom stereocenters. The summed E-state index contributed by atoms with van der Waals surface area (Å²) in [6.45, 7) is 5.59. The van der Waals surface area contributed by atoms with Crippen molar-refractivity contribution in [3.8, 4) is 5.75 Å². The van der Waals surface area contributed by atoms with Gasteiger partial charge in [-0.1, -0.05) is 12.1 Å². The third kappa shape index (κ3) is 3.86. The van der Waals surface area contributed by atoms with Crippen LogP contribution in [-0.2, 0) is 9.53 Å². The second-order valence-corrected chi connectivity index (χ2v) is 7.28. The fraction of sp³-hybridized carbons (Fsp3) is 0.300. The predicted molar refractivity (Wildman–Crippen MR) is 111 cm³/mol. The molecule has 0 fully saturated rings. The zero-order valence-corrected chi connectivity index (χ0v) is 17.3. The molecule has 0 aliphatic carbocycles. The van der Waals surface area contributed by atoms with Gasteiger partial charge in [-0.2, -0.15) is 0 Å². The maximum absolute atomic E-state index is 13.0. The van der Waals surface area contributed by atoms with Gasteiger partial charge in [0.1, 0.15) is 21.5 Å². The predicted octanol–water partition coefficient (Wildman–Crippen LogP) is 3.15. The number of carbonyl (C=O) groups is 2. The number of aromatic nitrogens is 2. The average Bonchev–Trinajstić information content (AvgIpc) is 3.06. The van der Waals surface area contributed by atoms with E-state index in [1.807, 2.05) is 13.0 Å². The first-order chi connectivity index (χ1) is 13.9. The number of para-hydroxylation sites is 2. The molecule has 0 saturated carbocycles. The van der Waals surface area contributed by atoms with E-state index < -0.39 is 12.0 Å². The second kappa shape index (κ2) is 8.44. The molecule has 0 spiro atoms. The highest BCUT2D eigenvalue weighted by Crippen LogP contribution is 2.28. The van der Waals surface area contributed by atoms with Crippen LogP contribution in [0.4, 0.5) is 5.69 Å². The van der Waals surface area contributed by atoms with Crippen molar-refractivity contribution in [1.82, 2.24) is 9.55 Å². The van der Waals surface area contributed by atoms with Crippen molar-refractivity contribution < 1.29 is 19.1 Å². The Hall–Kier alpha value is -3.20. The van der Waals surface area contributed by atoms with Crippen LogP contribution in [0.5, 0.6) is 5.75 Å². The lowest BCUT2D eigenvalue weighted by Gasteiger charge is -2.16. The van der Waals surface area contributed by atoms with E-state index in [1.54, 1.807) is 32.0 Å². The zero-order valence-electron chi connectivity index (χ0n) is 16.5. The Labute approximate surface area is 171 Å². The smallest absolute Gasteiger partial charge is 0.348 e. The first-order valence-corrected chi connectivity index (χ1v) is 9.81. The number of amides is 1. The molecule has 1 aromatic carbocycles. The minimum Gasteiger partial charge on any atom is -0.492 e. The molecule has 1 amide bonds. The van der Waals surface area contributed by atoms with Crippen LogP contribution in [0, 0.1) is 6.92 Å². The fourth-order valence-electron chi connectivity index (χ4n) is 2.92. The van der Waals surface area contributed by atoms with E-state index in [2.05, 4.69) is 10.3 Å². The molecule has 0 radical (unpaired) electrons. The highest BCUT2D eigenvalue weighted by molar-refractivity contribution is 7.20. The van der Waals surface area contributed by atoms with Crippen LogP contribution < -0.4 is 15.6 Å². The lowest BCUT2D eigenvalue weighted by molar-refractivity contribution is -0.118. The molecule has 152 valence electrons. The van der Waals surface area contributed by atoms with Gasteiger partial charge in [0.2, 0.25) is 5.91 Å². The molecule has 1 atom stereocenters. The molecule has 9 heteroatoms. The number of anilines is 1. The number of rotatable bonds is 6. The number of fused-ring (bicyclic) bond motifs is 1. The lowest BCUT2D eigenvalue weighted by Crippen LogP contribution is -2.32. The van der Waals surface area contributed by atoms with E-state index in [0.29, 0.717) is 38.7 Å². The Balaban J connectivity index is 1.95. The van der Waals surface area contributed by atoms with Gasteiger partial charge in [0.05, 0.1) is 31.1 Å². The van der Waals surface area contributed by atoms with Crippen LogP contribution >= 0.6 is 11.3 Å². The molecule has 0 aliphatic rings. The van der Waals surface area contributed by atoms with E-state index in [9.17, 15) is 14.4 Å². The SMILES string of the molecule is CCOc1ccccc1NC(=O)[C@@H](C)n1cnc2sc(C(=O)OC)c(C)c2c1=O. The van der Waals surface area contributed by atoms with Crippen molar-refractivity contribution in [3.63, 3.8) is 0 Å². The standard InChI is InChI=1S/C20H21N3O5S/c1-5-28-14-9-7-6-8-13(14)22-17(24)12(3)23-10-21-18-15(19(23)25)11(2)16(29-18)20(26)27-4/h6-10,12H,5H2,1-4H3,(H,22,24)/t12-/m1/s1. The molecule has 1 N–H and O–H groups in total. The van der Waals surface area contributed by atoms with E-state index >= 15 is 0 Å². The Morgan fingerprint density at radius 2 is 2.03 bits per heavy atom. The van der Waals surface area contributed by atoms with Gasteiger partial charge in [0.15, 0.2) is 0 Å². The zero-order chi connectivity index (χ0) is 21.1. The summed E-state index contributed by atoms with van der Waals surface area (Å²) in [5.74, 6) is -0.357. The maximum atomic E-state index is 13.0. The van der Waals surface area contributed by atoms with Crippen molar-refractivity contribution >= 4 is 39.1 Å². The maximum Gasteiger partial charge on any atom is 0.348 e. The van der Waals surface area contributed by atoms with Crippen LogP contribution in [-0.4, -0.2) is 35.1 Å². The number of thiophene rings is 1. The van der Waals surface area contributed by atoms with Crippen LogP contribution in [0.15, 0.2) is 35.4 Å². The first kappa shape index (κ1) is 20.5. The second-order valence-electron chi connectivity index (χ2n) is 6.28. The van der Waals surface area contributed by atoms with E-state index in [0.717, 1.165) is 11.3 Å². The monoisotopic (exact) mass is 415 g/mol. The molecule has 2 aromatic heterocycles. The number of ether oxygens (including phenoxy) is 2. The summed E-state index contributed by atoms with van der Waals surface area (Å²) in [6, 6.07) is 6.25. The van der Waals surface area contributed by atoms with Gasteiger partial charge in [-0.25, -0.2) is 9.78 Å². The minimum absolute atomic E-state index is 0.312. The lowest BCUT2D eigenvalue weighted by atomic mass is 10.2. The summed E-state index contributed by atoms with van der Waals surface area (Å²) in [5.41, 5.74) is 0.630. The summed E-state index contributed by atoms with van der Waals surface area (Å²) >= 11 is 1.09. The average molecular weight is 415 g/mol. The number of esters is 1. The Bertz CT molecular complexity index is 1130. The molecule has 3 rings (SSSR count). The summed E-state index contributed by atoms with van der Waals surface area (Å²) in [4.78, 5) is 42.7. The van der Waals surface area contributed by atoms with E-state index in [1.165, 1.54) is 18.0 Å². The molecule has 0 saturated heterocycles. The largest absolute Gasteiger partial charge is 0.492 e. The number of aryl methyl sites for hydroxylation is 1. The number of hydrogen-bond acceptors (Lipinski definition) is 7. The Kier molecular flexibility index (Phi) is 5.97. The first-order valence-electron chi connectivity index (χ1n) is 9.00. The minimum atomic E-state index is -0.824. The number of hydrogen-bond donors (Lipinski definition) is 1. The van der Waals surface area contributed by atoms with Crippen LogP contribution in [0.25, 0.3) is 10.2 Å². The fourth-order valence-corrected chi connectivity index (χ4v) is 3.97. The van der Waals surface area contributed by atoms with Gasteiger partial charge >= 0.3 is 5.97 Å². The highest BCUT2D eigenvalue weighted by atomic mass is 32.1. The van der Waals surface area contributed by atoms with Gasteiger partial charge in [-0.3, -0.25) is 14.2 Å². The molecule has 8 nitrogen and oxygen atoms in total. The number of benzene rings is 1. The topological polar surface area (TPSA) is 99.5 Å². The van der Waals surface area contributed by atoms with Crippen LogP contribution in [0.2, 0.25) is 0 Å². The van der Waals surface area contributed by atoms with Crippen molar-refractivity contribution in [2.75, 3.05) is 19.0 Å². The molecular formula is C20H21N3O5S. The summed E-state index contributed by atoms with van der Waals surface area (Å²) in [6.07, 6.45) is 1.32. The normalized spacial score (nSPS) is 11.9. The number of carbonyl (C=O) groups excluding carboxylic acids is 2. The van der Waals surface area contributed by atoms with Gasteiger partial charge in [0, 0.05) is 0 Å². The van der Waals surface area contributed by atoms with Gasteiger partial charge in [-0.05, 0) is 38.5 Å². The number of nitrogens with zero attached hydrogens (tertiary/aromatic N) is 2. The summed E-state index contributed by atoms with van der Waals surface area (Å²) < 4.78 is 11.5. The van der Waals surface area contributed by atoms with Gasteiger partial charge in [0.25, 0.3) is 5.56 Å². The van der Waals surface area contributed by atoms with Crippen molar-refractivity contribution in [3.05, 3.63) is 51.4 Å². The van der Waals surface area contributed by atoms with Crippen molar-refractivity contribution in [1.29, 1.82) is 0 Å². The molecule has 29 heavy (non-hydrogen) atoms. The summed E-state index contributed by atoms with van der Waals surface area (Å²) in [7, 11) is 1.28. The van der Waals surface area contributed by atoms with Crippen molar-refractivity contribution in [2.24, 2.45) is 0 Å². The van der Waals surface area contributed by atoms with Gasteiger partial charge in [-0.15, -0.1) is 11.3 Å². The molecule has 3 aromatic rings. The Morgan fingerprint density at radius 1 is 1.31 bits per heavy atom. The third-order valence-corrected chi connectivity index (χ3v) is 5.67. The number of methoxy groups -OCH3 is 1. The summed E-state index contributed by atoms with van der Waals surface area (Å²) in [5, 5.41) is 3.11. The van der Waals surface area contributed by atoms with E-state index in [-0.39, 0.29) is 11.5 Å². The quantitative estimate of drug-likeness (QED) is 0.621. The van der Waals surface area contributed by atoms with E-state index in [4.69, 9.17) is 9.47 Å². The highest BCUT2D eigenvalue weighted by Gasteiger charge is 2.23. The van der Waals surface area contributed by atoms with Crippen LogP contribution in [0.1, 0.15) is 35.1 Å². The number of nitrogens with one attached hydrogen (secondary N) is 1. The molecule has 2 heterocycles. The molecular weight excluding hydrogens is 394 g/mol.